The third-order valence-corrected chi connectivity index (χ3v) is 5.46. The molecule has 0 aliphatic carbocycles. The van der Waals surface area contributed by atoms with E-state index in [1.807, 2.05) is 36.2 Å². The molecule has 0 unspecified atom stereocenters. The number of nitrogens with zero attached hydrogens (tertiary/aromatic N) is 4. The summed E-state index contributed by atoms with van der Waals surface area (Å²) in [6.07, 6.45) is 3.57. The average molecular weight is 383 g/mol. The highest BCUT2D eigenvalue weighted by Crippen LogP contribution is 2.31. The molecule has 2 heterocycles. The molecule has 2 atom stereocenters. The lowest BCUT2D eigenvalue weighted by molar-refractivity contribution is -0.131. The van der Waals surface area contributed by atoms with Gasteiger partial charge in [0.1, 0.15) is 5.75 Å². The number of carbonyl (C=O) groups is 1. The Kier molecular flexibility index (Phi) is 6.65. The van der Waals surface area contributed by atoms with Crippen LogP contribution in [0.4, 0.5) is 0 Å². The normalized spacial score (nSPS) is 19.4. The Morgan fingerprint density at radius 2 is 1.79 bits per heavy atom. The lowest BCUT2D eigenvalue weighted by atomic mass is 9.93. The third-order valence-electron chi connectivity index (χ3n) is 5.46. The minimum absolute atomic E-state index is 0.180. The van der Waals surface area contributed by atoms with Gasteiger partial charge in [-0.15, -0.1) is 0 Å². The molecule has 6 nitrogen and oxygen atoms in total. The number of benzene rings is 1. The van der Waals surface area contributed by atoms with Gasteiger partial charge in [0.05, 0.1) is 13.7 Å². The van der Waals surface area contributed by atoms with E-state index in [1.54, 1.807) is 19.5 Å². The van der Waals surface area contributed by atoms with Crippen LogP contribution < -0.4 is 4.74 Å². The standard InChI is InChI=1S/C22H30N4O2/c1-24(2)21-15-26(14-20(21)18-5-7-19(28-4)8-6-18)22(27)16-25(3)13-17-9-11-23-12-10-17/h5-12,20-21H,13-16H2,1-4H3/t20-,21+/m0/s1. The molecule has 1 amide bonds. The maximum atomic E-state index is 12.9. The average Bonchev–Trinajstić information content (AvgIpc) is 3.15. The molecule has 150 valence electrons. The highest BCUT2D eigenvalue weighted by Gasteiger charge is 2.37. The summed E-state index contributed by atoms with van der Waals surface area (Å²) < 4.78 is 5.27. The monoisotopic (exact) mass is 382 g/mol. The van der Waals surface area contributed by atoms with Gasteiger partial charge in [-0.25, -0.2) is 0 Å². The van der Waals surface area contributed by atoms with Crippen LogP contribution in [0.15, 0.2) is 48.8 Å². The Hall–Kier alpha value is -2.44. The summed E-state index contributed by atoms with van der Waals surface area (Å²) in [6, 6.07) is 12.5. The van der Waals surface area contributed by atoms with Crippen LogP contribution >= 0.6 is 0 Å². The summed E-state index contributed by atoms with van der Waals surface area (Å²) >= 11 is 0. The van der Waals surface area contributed by atoms with Gasteiger partial charge in [0.25, 0.3) is 0 Å². The van der Waals surface area contributed by atoms with Crippen molar-refractivity contribution in [1.82, 2.24) is 19.7 Å². The molecule has 0 N–H and O–H groups in total. The summed E-state index contributed by atoms with van der Waals surface area (Å²) in [5, 5.41) is 0. The predicted molar refractivity (Wildman–Crippen MR) is 110 cm³/mol. The van der Waals surface area contributed by atoms with E-state index in [0.717, 1.165) is 30.9 Å². The fourth-order valence-corrected chi connectivity index (χ4v) is 3.88. The number of ether oxygens (including phenoxy) is 1. The van der Waals surface area contributed by atoms with Gasteiger partial charge in [-0.3, -0.25) is 14.7 Å². The quantitative estimate of drug-likeness (QED) is 0.734. The number of likely N-dealkylation sites (N-methyl/N-ethyl adjacent to an activating group) is 2. The number of pyridine rings is 1. The van der Waals surface area contributed by atoms with Crippen LogP contribution in [0.1, 0.15) is 17.0 Å². The van der Waals surface area contributed by atoms with Gasteiger partial charge in [0.15, 0.2) is 0 Å². The molecule has 6 heteroatoms. The number of likely N-dealkylation sites (tertiary alicyclic amines) is 1. The number of hydrogen-bond donors (Lipinski definition) is 0. The van der Waals surface area contributed by atoms with Gasteiger partial charge < -0.3 is 14.5 Å². The van der Waals surface area contributed by atoms with Crippen molar-refractivity contribution in [3.63, 3.8) is 0 Å². The Morgan fingerprint density at radius 3 is 2.39 bits per heavy atom. The molecule has 1 fully saturated rings. The van der Waals surface area contributed by atoms with E-state index in [1.165, 1.54) is 5.56 Å². The number of amides is 1. The fraction of sp³-hybridized carbons (Fsp3) is 0.455. The zero-order chi connectivity index (χ0) is 20.1. The smallest absolute Gasteiger partial charge is 0.236 e. The van der Waals surface area contributed by atoms with Crippen LogP contribution in [-0.2, 0) is 11.3 Å². The highest BCUT2D eigenvalue weighted by molar-refractivity contribution is 5.78. The molecule has 1 aliphatic rings. The largest absolute Gasteiger partial charge is 0.497 e. The maximum absolute atomic E-state index is 12.9. The van der Waals surface area contributed by atoms with E-state index < -0.39 is 0 Å². The second-order valence-corrected chi connectivity index (χ2v) is 7.74. The van der Waals surface area contributed by atoms with E-state index in [2.05, 4.69) is 41.0 Å². The lowest BCUT2D eigenvalue weighted by Crippen LogP contribution is -2.39. The number of carbonyl (C=O) groups excluding carboxylic acids is 1. The van der Waals surface area contributed by atoms with E-state index in [9.17, 15) is 4.79 Å². The number of rotatable bonds is 7. The Balaban J connectivity index is 1.64. The summed E-state index contributed by atoms with van der Waals surface area (Å²) in [6.45, 7) is 2.65. The van der Waals surface area contributed by atoms with Gasteiger partial charge in [0.2, 0.25) is 5.91 Å². The first-order valence-electron chi connectivity index (χ1n) is 9.63. The van der Waals surface area contributed by atoms with Crippen molar-refractivity contribution in [3.05, 3.63) is 59.9 Å². The first kappa shape index (κ1) is 20.3. The first-order valence-corrected chi connectivity index (χ1v) is 9.63. The molecule has 0 saturated carbocycles. The molecule has 0 spiro atoms. The first-order chi connectivity index (χ1) is 13.5. The van der Waals surface area contributed by atoms with Crippen LogP contribution in [0.2, 0.25) is 0 Å². The Bertz CT molecular complexity index is 764. The Morgan fingerprint density at radius 1 is 1.11 bits per heavy atom. The topological polar surface area (TPSA) is 48.9 Å². The molecular weight excluding hydrogens is 352 g/mol. The minimum Gasteiger partial charge on any atom is -0.497 e. The fourth-order valence-electron chi connectivity index (χ4n) is 3.88. The SMILES string of the molecule is COc1ccc([C@@H]2CN(C(=O)CN(C)Cc3ccncc3)C[C@H]2N(C)C)cc1. The van der Waals surface area contributed by atoms with Crippen LogP contribution in [0, 0.1) is 0 Å². The molecule has 3 rings (SSSR count). The van der Waals surface area contributed by atoms with Gasteiger partial charge in [-0.2, -0.15) is 0 Å². The van der Waals surface area contributed by atoms with Gasteiger partial charge in [-0.05, 0) is 56.5 Å². The van der Waals surface area contributed by atoms with Crippen molar-refractivity contribution in [1.29, 1.82) is 0 Å². The van der Waals surface area contributed by atoms with Crippen molar-refractivity contribution >= 4 is 5.91 Å². The molecule has 1 aromatic carbocycles. The van der Waals surface area contributed by atoms with E-state index in [-0.39, 0.29) is 5.91 Å². The predicted octanol–water partition coefficient (Wildman–Crippen LogP) is 2.08. The van der Waals surface area contributed by atoms with Crippen LogP contribution in [0.5, 0.6) is 5.75 Å². The minimum atomic E-state index is 0.180. The highest BCUT2D eigenvalue weighted by atomic mass is 16.5. The van der Waals surface area contributed by atoms with Crippen LogP contribution in [0.3, 0.4) is 0 Å². The molecule has 0 bridgehead atoms. The summed E-state index contributed by atoms with van der Waals surface area (Å²) in [4.78, 5) is 23.3. The van der Waals surface area contributed by atoms with E-state index in [4.69, 9.17) is 4.74 Å². The van der Waals surface area contributed by atoms with Crippen molar-refractivity contribution in [3.8, 4) is 5.75 Å². The van der Waals surface area contributed by atoms with Gasteiger partial charge in [-0.1, -0.05) is 12.1 Å². The molecule has 28 heavy (non-hydrogen) atoms. The molecule has 1 aromatic heterocycles. The number of aromatic nitrogens is 1. The van der Waals surface area contributed by atoms with Gasteiger partial charge >= 0.3 is 0 Å². The Labute approximate surface area is 167 Å². The van der Waals surface area contributed by atoms with Crippen molar-refractivity contribution in [2.45, 2.75) is 18.5 Å². The summed E-state index contributed by atoms with van der Waals surface area (Å²) in [5.41, 5.74) is 2.41. The lowest BCUT2D eigenvalue weighted by Gasteiger charge is -2.25. The third kappa shape index (κ3) is 4.88. The molecule has 0 radical (unpaired) electrons. The van der Waals surface area contributed by atoms with Gasteiger partial charge in [0, 0.05) is 44.0 Å². The number of methoxy groups -OCH3 is 1. The summed E-state index contributed by atoms with van der Waals surface area (Å²) in [7, 11) is 7.84. The molecule has 2 aromatic rings. The second-order valence-electron chi connectivity index (χ2n) is 7.74. The zero-order valence-electron chi connectivity index (χ0n) is 17.2. The van der Waals surface area contributed by atoms with Crippen molar-refractivity contribution in [2.24, 2.45) is 0 Å². The second kappa shape index (κ2) is 9.17. The zero-order valence-corrected chi connectivity index (χ0v) is 17.2. The van der Waals surface area contributed by atoms with Crippen LogP contribution in [-0.4, -0.2) is 79.5 Å². The van der Waals surface area contributed by atoms with Crippen LogP contribution in [0.25, 0.3) is 0 Å². The molecular formula is C22H30N4O2. The number of hydrogen-bond acceptors (Lipinski definition) is 5. The van der Waals surface area contributed by atoms with Crippen molar-refractivity contribution in [2.75, 3.05) is 47.9 Å². The van der Waals surface area contributed by atoms with Crippen molar-refractivity contribution < 1.29 is 9.53 Å². The summed E-state index contributed by atoms with van der Waals surface area (Å²) in [5.74, 6) is 1.34. The van der Waals surface area contributed by atoms with E-state index >= 15 is 0 Å². The van der Waals surface area contributed by atoms with E-state index in [0.29, 0.717) is 18.5 Å². The maximum Gasteiger partial charge on any atom is 0.236 e. The molecule has 1 aliphatic heterocycles. The molecule has 1 saturated heterocycles.